The molecule has 1 fully saturated rings. The van der Waals surface area contributed by atoms with Crippen molar-refractivity contribution in [1.82, 2.24) is 19.9 Å². The van der Waals surface area contributed by atoms with Gasteiger partial charge >= 0.3 is 5.97 Å². The van der Waals surface area contributed by atoms with Crippen molar-refractivity contribution in [3.63, 3.8) is 0 Å². The Hall–Kier alpha value is -2.96. The second kappa shape index (κ2) is 5.35. The normalized spacial score (nSPS) is 17.7. The molecule has 116 valence electrons. The number of benzene rings is 1. The van der Waals surface area contributed by atoms with Crippen molar-refractivity contribution in [1.29, 1.82) is 0 Å². The van der Waals surface area contributed by atoms with Crippen LogP contribution < -0.4 is 4.90 Å². The van der Waals surface area contributed by atoms with Crippen LogP contribution in [-0.4, -0.2) is 37.6 Å². The number of nitrogens with zero attached hydrogens (tertiary/aromatic N) is 4. The van der Waals surface area contributed by atoms with Crippen molar-refractivity contribution in [2.45, 2.75) is 18.9 Å². The quantitative estimate of drug-likeness (QED) is 0.771. The molecule has 3 heterocycles. The molecule has 2 N–H and O–H groups in total. The van der Waals surface area contributed by atoms with Crippen molar-refractivity contribution < 1.29 is 9.90 Å². The van der Waals surface area contributed by atoms with Gasteiger partial charge in [0.2, 0.25) is 5.95 Å². The van der Waals surface area contributed by atoms with E-state index in [1.54, 1.807) is 0 Å². The van der Waals surface area contributed by atoms with E-state index in [1.165, 1.54) is 12.4 Å². The summed E-state index contributed by atoms with van der Waals surface area (Å²) in [6.07, 6.45) is 4.67. The summed E-state index contributed by atoms with van der Waals surface area (Å²) in [4.78, 5) is 29.4. The summed E-state index contributed by atoms with van der Waals surface area (Å²) in [6.45, 7) is 0.828. The number of carboxylic acids is 1. The molecule has 1 saturated heterocycles. The molecule has 1 unspecified atom stereocenters. The molecule has 23 heavy (non-hydrogen) atoms. The van der Waals surface area contributed by atoms with Crippen LogP contribution in [0.15, 0.2) is 36.7 Å². The molecule has 0 spiro atoms. The van der Waals surface area contributed by atoms with Crippen LogP contribution >= 0.6 is 0 Å². The van der Waals surface area contributed by atoms with Gasteiger partial charge in [0.1, 0.15) is 5.82 Å². The van der Waals surface area contributed by atoms with Crippen molar-refractivity contribution >= 4 is 23.0 Å². The molecule has 7 nitrogen and oxygen atoms in total. The highest BCUT2D eigenvalue weighted by atomic mass is 16.4. The molecule has 7 heteroatoms. The number of aromatic amines is 1. The monoisotopic (exact) mass is 309 g/mol. The van der Waals surface area contributed by atoms with Crippen LogP contribution in [0.5, 0.6) is 0 Å². The maximum atomic E-state index is 10.9. The number of hydrogen-bond acceptors (Lipinski definition) is 5. The Morgan fingerprint density at radius 1 is 1.26 bits per heavy atom. The van der Waals surface area contributed by atoms with Crippen LogP contribution in [0.25, 0.3) is 11.0 Å². The van der Waals surface area contributed by atoms with Crippen LogP contribution in [0.3, 0.4) is 0 Å². The van der Waals surface area contributed by atoms with E-state index in [-0.39, 0.29) is 11.6 Å². The lowest BCUT2D eigenvalue weighted by atomic mass is 10.2. The lowest BCUT2D eigenvalue weighted by Gasteiger charge is -2.22. The van der Waals surface area contributed by atoms with Gasteiger partial charge in [0.25, 0.3) is 0 Å². The highest BCUT2D eigenvalue weighted by molar-refractivity contribution is 5.86. The van der Waals surface area contributed by atoms with E-state index in [4.69, 9.17) is 5.11 Å². The first-order valence-electron chi connectivity index (χ1n) is 7.49. The van der Waals surface area contributed by atoms with Crippen LogP contribution in [-0.2, 0) is 0 Å². The molecule has 0 bridgehead atoms. The maximum Gasteiger partial charge on any atom is 0.338 e. The first kappa shape index (κ1) is 13.7. The van der Waals surface area contributed by atoms with Crippen molar-refractivity contribution in [3.05, 3.63) is 48.0 Å². The van der Waals surface area contributed by atoms with Crippen LogP contribution in [0, 0.1) is 0 Å². The molecule has 0 saturated carbocycles. The van der Waals surface area contributed by atoms with E-state index in [0.717, 1.165) is 36.2 Å². The number of rotatable bonds is 3. The van der Waals surface area contributed by atoms with Crippen LogP contribution in [0.4, 0.5) is 5.95 Å². The Kier molecular flexibility index (Phi) is 3.18. The number of para-hydroxylation sites is 2. The van der Waals surface area contributed by atoms with E-state index in [2.05, 4.69) is 24.8 Å². The SMILES string of the molecule is O=C(O)c1cnc(N2CCCC2c2nc3ccccc3[nH]2)nc1. The molecule has 1 aliphatic heterocycles. The predicted octanol–water partition coefficient (Wildman–Crippen LogP) is 2.39. The molecule has 1 aliphatic rings. The van der Waals surface area contributed by atoms with E-state index < -0.39 is 5.97 Å². The van der Waals surface area contributed by atoms with Crippen LogP contribution in [0.2, 0.25) is 0 Å². The number of anilines is 1. The molecule has 0 aliphatic carbocycles. The summed E-state index contributed by atoms with van der Waals surface area (Å²) in [6, 6.07) is 8.01. The largest absolute Gasteiger partial charge is 0.478 e. The lowest BCUT2D eigenvalue weighted by Crippen LogP contribution is -2.25. The second-order valence-corrected chi connectivity index (χ2v) is 5.57. The van der Waals surface area contributed by atoms with Gasteiger partial charge in [-0.05, 0) is 25.0 Å². The average molecular weight is 309 g/mol. The fourth-order valence-corrected chi connectivity index (χ4v) is 3.00. The highest BCUT2D eigenvalue weighted by Gasteiger charge is 2.30. The summed E-state index contributed by atoms with van der Waals surface area (Å²) in [7, 11) is 0. The van der Waals surface area contributed by atoms with Crippen LogP contribution in [0.1, 0.15) is 35.1 Å². The minimum absolute atomic E-state index is 0.0816. The summed E-state index contributed by atoms with van der Waals surface area (Å²) in [5, 5.41) is 8.94. The molecule has 1 aromatic carbocycles. The molecule has 2 aromatic heterocycles. The summed E-state index contributed by atoms with van der Waals surface area (Å²) >= 11 is 0. The topological polar surface area (TPSA) is 95.0 Å². The summed E-state index contributed by atoms with van der Waals surface area (Å²) < 4.78 is 0. The number of H-pyrrole nitrogens is 1. The maximum absolute atomic E-state index is 10.9. The summed E-state index contributed by atoms with van der Waals surface area (Å²) in [5.74, 6) is 0.416. The third-order valence-electron chi connectivity index (χ3n) is 4.12. The zero-order chi connectivity index (χ0) is 15.8. The van der Waals surface area contributed by atoms with E-state index in [1.807, 2.05) is 24.3 Å². The Labute approximate surface area is 132 Å². The fourth-order valence-electron chi connectivity index (χ4n) is 3.00. The highest BCUT2D eigenvalue weighted by Crippen LogP contribution is 2.33. The Balaban J connectivity index is 1.66. The van der Waals surface area contributed by atoms with Gasteiger partial charge in [-0.2, -0.15) is 0 Å². The second-order valence-electron chi connectivity index (χ2n) is 5.57. The minimum Gasteiger partial charge on any atom is -0.478 e. The third-order valence-corrected chi connectivity index (χ3v) is 4.12. The Morgan fingerprint density at radius 3 is 2.78 bits per heavy atom. The van der Waals surface area contributed by atoms with Gasteiger partial charge in [-0.1, -0.05) is 12.1 Å². The zero-order valence-corrected chi connectivity index (χ0v) is 12.3. The molecule has 4 rings (SSSR count). The molecular formula is C16H15N5O2. The van der Waals surface area contributed by atoms with Gasteiger partial charge in [-0.25, -0.2) is 19.7 Å². The van der Waals surface area contributed by atoms with Gasteiger partial charge < -0.3 is 15.0 Å². The number of aromatic nitrogens is 4. The van der Waals surface area contributed by atoms with Crippen molar-refractivity contribution in [3.8, 4) is 0 Å². The molecule has 0 radical (unpaired) electrons. The van der Waals surface area contributed by atoms with E-state index >= 15 is 0 Å². The van der Waals surface area contributed by atoms with Crippen molar-refractivity contribution in [2.24, 2.45) is 0 Å². The van der Waals surface area contributed by atoms with E-state index in [0.29, 0.717) is 5.95 Å². The van der Waals surface area contributed by atoms with Crippen molar-refractivity contribution in [2.75, 3.05) is 11.4 Å². The smallest absolute Gasteiger partial charge is 0.338 e. The summed E-state index contributed by atoms with van der Waals surface area (Å²) in [5.41, 5.74) is 2.04. The van der Waals surface area contributed by atoms with Gasteiger partial charge in [-0.15, -0.1) is 0 Å². The minimum atomic E-state index is -1.02. The first-order valence-corrected chi connectivity index (χ1v) is 7.49. The number of imidazole rings is 1. The fraction of sp³-hybridized carbons (Fsp3) is 0.250. The van der Waals surface area contributed by atoms with Gasteiger partial charge in [0, 0.05) is 18.9 Å². The van der Waals surface area contributed by atoms with Gasteiger partial charge in [0.05, 0.1) is 22.6 Å². The average Bonchev–Trinajstić information content (AvgIpc) is 3.21. The molecule has 3 aromatic rings. The van der Waals surface area contributed by atoms with Gasteiger partial charge in [-0.3, -0.25) is 0 Å². The molecule has 0 amide bonds. The van der Waals surface area contributed by atoms with E-state index in [9.17, 15) is 4.79 Å². The number of fused-ring (bicyclic) bond motifs is 1. The Bertz CT molecular complexity index is 825. The number of carboxylic acid groups (broad SMARTS) is 1. The lowest BCUT2D eigenvalue weighted by molar-refractivity contribution is 0.0696. The first-order chi connectivity index (χ1) is 11.2. The van der Waals surface area contributed by atoms with Gasteiger partial charge in [0.15, 0.2) is 0 Å². The number of nitrogens with one attached hydrogen (secondary N) is 1. The third kappa shape index (κ3) is 2.40. The zero-order valence-electron chi connectivity index (χ0n) is 12.3. The molecular weight excluding hydrogens is 294 g/mol. The predicted molar refractivity (Wildman–Crippen MR) is 84.4 cm³/mol. The standard InChI is InChI=1S/C16H15N5O2/c22-15(23)10-8-17-16(18-9-10)21-7-3-6-13(21)14-19-11-4-1-2-5-12(11)20-14/h1-2,4-5,8-9,13H,3,6-7H2,(H,19,20)(H,22,23). The number of carbonyl (C=O) groups is 1. The number of aromatic carboxylic acids is 1. The number of hydrogen-bond donors (Lipinski definition) is 2. The Morgan fingerprint density at radius 2 is 2.04 bits per heavy atom. The molecule has 1 atom stereocenters.